The van der Waals surface area contributed by atoms with Crippen molar-refractivity contribution in [2.24, 2.45) is 0 Å². The molecule has 1 aliphatic heterocycles. The predicted molar refractivity (Wildman–Crippen MR) is 135 cm³/mol. The average molecular weight is 491 g/mol. The Morgan fingerprint density at radius 1 is 1.00 bits per heavy atom. The number of benzene rings is 3. The number of sulfonamides is 1. The minimum absolute atomic E-state index is 0.0636. The molecule has 0 radical (unpaired) electrons. The number of Topliss-reactive ketones (excluding diaryl/α,β-unsaturated/α-hetero) is 1. The van der Waals surface area contributed by atoms with Crippen LogP contribution in [0, 0.1) is 0 Å². The normalized spacial score (nSPS) is 13.1. The fourth-order valence-corrected chi connectivity index (χ4v) is 5.72. The van der Waals surface area contributed by atoms with Gasteiger partial charge in [-0.25, -0.2) is 13.4 Å². The summed E-state index contributed by atoms with van der Waals surface area (Å²) < 4.78 is 31.4. The van der Waals surface area contributed by atoms with Crippen LogP contribution in [0.2, 0.25) is 0 Å². The number of thioether (sulfide) groups is 1. The zero-order valence-corrected chi connectivity index (χ0v) is 20.1. The van der Waals surface area contributed by atoms with Crippen LogP contribution in [0.3, 0.4) is 0 Å². The summed E-state index contributed by atoms with van der Waals surface area (Å²) >= 11 is 1.25. The smallest absolute Gasteiger partial charge is 0.257 e. The Morgan fingerprint density at radius 3 is 2.35 bits per heavy atom. The van der Waals surface area contributed by atoms with Crippen LogP contribution in [0.4, 0.5) is 5.69 Å². The minimum Gasteiger partial charge on any atom is -0.431 e. The fourth-order valence-electron chi connectivity index (χ4n) is 4.04. The van der Waals surface area contributed by atoms with Crippen molar-refractivity contribution >= 4 is 33.3 Å². The first-order valence-corrected chi connectivity index (χ1v) is 13.6. The quantitative estimate of drug-likeness (QED) is 0.258. The van der Waals surface area contributed by atoms with E-state index in [1.807, 2.05) is 60.7 Å². The molecule has 0 fully saturated rings. The molecule has 172 valence electrons. The monoisotopic (exact) mass is 490 g/mol. The van der Waals surface area contributed by atoms with Crippen LogP contribution in [0.5, 0.6) is 0 Å². The first kappa shape index (κ1) is 22.4. The van der Waals surface area contributed by atoms with Crippen molar-refractivity contribution < 1.29 is 17.6 Å². The van der Waals surface area contributed by atoms with Gasteiger partial charge in [-0.1, -0.05) is 72.4 Å². The Balaban J connectivity index is 1.37. The van der Waals surface area contributed by atoms with Crippen molar-refractivity contribution in [3.8, 4) is 22.6 Å². The van der Waals surface area contributed by atoms with Crippen molar-refractivity contribution in [3.05, 3.63) is 90.0 Å². The van der Waals surface area contributed by atoms with Crippen LogP contribution in [-0.2, 0) is 16.4 Å². The molecule has 0 atom stereocenters. The summed E-state index contributed by atoms with van der Waals surface area (Å²) in [5.74, 6) is 0.767. The van der Waals surface area contributed by atoms with E-state index in [9.17, 15) is 13.2 Å². The summed E-state index contributed by atoms with van der Waals surface area (Å²) in [6.45, 7) is 0.404. The molecule has 0 saturated carbocycles. The van der Waals surface area contributed by atoms with E-state index in [0.717, 1.165) is 22.4 Å². The molecule has 34 heavy (non-hydrogen) atoms. The number of hydrogen-bond acceptors (Lipinski definition) is 6. The Kier molecular flexibility index (Phi) is 6.02. The average Bonchev–Trinajstić information content (AvgIpc) is 3.48. The van der Waals surface area contributed by atoms with Gasteiger partial charge in [0.2, 0.25) is 10.0 Å². The molecule has 2 heterocycles. The molecule has 0 spiro atoms. The lowest BCUT2D eigenvalue weighted by molar-refractivity contribution is 0.102. The van der Waals surface area contributed by atoms with Gasteiger partial charge < -0.3 is 4.42 Å². The molecule has 5 rings (SSSR count). The molecule has 3 aromatic carbocycles. The van der Waals surface area contributed by atoms with Crippen LogP contribution in [0.25, 0.3) is 22.6 Å². The lowest BCUT2D eigenvalue weighted by atomic mass is 10.1. The number of aromatic nitrogens is 1. The molecule has 1 aromatic heterocycles. The second kappa shape index (κ2) is 9.12. The van der Waals surface area contributed by atoms with E-state index in [1.165, 1.54) is 22.3 Å². The number of nitrogens with zero attached hydrogens (tertiary/aromatic N) is 2. The zero-order chi connectivity index (χ0) is 23.7. The molecule has 0 bridgehead atoms. The summed E-state index contributed by atoms with van der Waals surface area (Å²) in [6, 6.07) is 24.8. The van der Waals surface area contributed by atoms with Crippen LogP contribution in [0.15, 0.2) is 88.5 Å². The van der Waals surface area contributed by atoms with E-state index in [0.29, 0.717) is 35.2 Å². The van der Waals surface area contributed by atoms with E-state index in [2.05, 4.69) is 4.98 Å². The van der Waals surface area contributed by atoms with Gasteiger partial charge in [0.15, 0.2) is 11.5 Å². The number of carbonyl (C=O) groups excluding carboxylic acids is 1. The van der Waals surface area contributed by atoms with E-state index >= 15 is 0 Å². The lowest BCUT2D eigenvalue weighted by Gasteiger charge is -2.16. The molecule has 0 aliphatic carbocycles. The number of fused-ring (bicyclic) bond motifs is 1. The Hall–Kier alpha value is -3.36. The first-order valence-electron chi connectivity index (χ1n) is 10.8. The summed E-state index contributed by atoms with van der Waals surface area (Å²) in [6.07, 6.45) is 1.79. The van der Waals surface area contributed by atoms with Gasteiger partial charge in [0.05, 0.1) is 17.7 Å². The van der Waals surface area contributed by atoms with Gasteiger partial charge in [-0.05, 0) is 30.2 Å². The summed E-state index contributed by atoms with van der Waals surface area (Å²) in [5, 5.41) is 0.426. The maximum atomic E-state index is 12.9. The van der Waals surface area contributed by atoms with Crippen molar-refractivity contribution in [3.63, 3.8) is 0 Å². The predicted octanol–water partition coefficient (Wildman–Crippen LogP) is 5.31. The number of rotatable bonds is 7. The summed E-state index contributed by atoms with van der Waals surface area (Å²) in [5.41, 5.74) is 4.67. The van der Waals surface area contributed by atoms with Crippen LogP contribution in [-0.4, -0.2) is 37.7 Å². The second-order valence-electron chi connectivity index (χ2n) is 8.03. The zero-order valence-electron chi connectivity index (χ0n) is 18.5. The van der Waals surface area contributed by atoms with E-state index in [-0.39, 0.29) is 11.5 Å². The van der Waals surface area contributed by atoms with Crippen LogP contribution < -0.4 is 4.31 Å². The van der Waals surface area contributed by atoms with Gasteiger partial charge in [-0.15, -0.1) is 0 Å². The number of ketones is 1. The summed E-state index contributed by atoms with van der Waals surface area (Å²) in [7, 11) is -3.32. The summed E-state index contributed by atoms with van der Waals surface area (Å²) in [4.78, 5) is 17.6. The van der Waals surface area contributed by atoms with Gasteiger partial charge in [0.25, 0.3) is 5.22 Å². The third kappa shape index (κ3) is 4.51. The molecule has 0 amide bonds. The molecule has 6 nitrogen and oxygen atoms in total. The standard InChI is InChI=1S/C26H22N2O4S2/c1-34(30,31)28-15-14-20-16-21(12-13-22(20)28)23(29)17-33-26-27-24(18-8-4-2-5-9-18)25(32-26)19-10-6-3-7-11-19/h2-13,16H,14-15,17H2,1H3. The Bertz CT molecular complexity index is 1390. The van der Waals surface area contributed by atoms with Gasteiger partial charge in [0, 0.05) is 23.2 Å². The van der Waals surface area contributed by atoms with E-state index in [4.69, 9.17) is 4.42 Å². The maximum Gasteiger partial charge on any atom is 0.257 e. The second-order valence-corrected chi connectivity index (χ2v) is 10.9. The van der Waals surface area contributed by atoms with E-state index in [1.54, 1.807) is 18.2 Å². The van der Waals surface area contributed by atoms with Crippen molar-refractivity contribution in [2.75, 3.05) is 22.9 Å². The lowest BCUT2D eigenvalue weighted by Crippen LogP contribution is -2.27. The molecular formula is C26H22N2O4S2. The molecule has 1 aliphatic rings. The fraction of sp³-hybridized carbons (Fsp3) is 0.154. The van der Waals surface area contributed by atoms with Crippen molar-refractivity contribution in [1.29, 1.82) is 0 Å². The van der Waals surface area contributed by atoms with Gasteiger partial charge in [0.1, 0.15) is 5.69 Å². The third-order valence-corrected chi connectivity index (χ3v) is 7.68. The van der Waals surface area contributed by atoms with Gasteiger partial charge in [-0.2, -0.15) is 0 Å². The highest BCUT2D eigenvalue weighted by atomic mass is 32.2. The van der Waals surface area contributed by atoms with Gasteiger partial charge >= 0.3 is 0 Å². The van der Waals surface area contributed by atoms with Crippen LogP contribution in [0.1, 0.15) is 15.9 Å². The molecule has 0 N–H and O–H groups in total. The van der Waals surface area contributed by atoms with Crippen LogP contribution >= 0.6 is 11.8 Å². The highest BCUT2D eigenvalue weighted by molar-refractivity contribution is 7.99. The Labute approximate surface area is 202 Å². The molecule has 8 heteroatoms. The number of carbonyl (C=O) groups is 1. The number of oxazole rings is 1. The molecule has 4 aromatic rings. The molecule has 0 unspecified atom stereocenters. The topological polar surface area (TPSA) is 80.5 Å². The largest absolute Gasteiger partial charge is 0.431 e. The maximum absolute atomic E-state index is 12.9. The minimum atomic E-state index is -3.32. The highest BCUT2D eigenvalue weighted by Crippen LogP contribution is 2.36. The Morgan fingerprint density at radius 2 is 1.68 bits per heavy atom. The SMILES string of the molecule is CS(=O)(=O)N1CCc2cc(C(=O)CSc3nc(-c4ccccc4)c(-c4ccccc4)o3)ccc21. The molecular weight excluding hydrogens is 468 g/mol. The van der Waals surface area contributed by atoms with Crippen molar-refractivity contribution in [1.82, 2.24) is 4.98 Å². The number of anilines is 1. The number of hydrogen-bond donors (Lipinski definition) is 0. The van der Waals surface area contributed by atoms with Gasteiger partial charge in [-0.3, -0.25) is 9.10 Å². The molecule has 0 saturated heterocycles. The highest BCUT2D eigenvalue weighted by Gasteiger charge is 2.27. The first-order chi connectivity index (χ1) is 16.4. The third-order valence-electron chi connectivity index (χ3n) is 5.67. The van der Waals surface area contributed by atoms with E-state index < -0.39 is 10.0 Å². The van der Waals surface area contributed by atoms with Crippen molar-refractivity contribution in [2.45, 2.75) is 11.6 Å².